The van der Waals surface area contributed by atoms with E-state index in [1.165, 1.54) is 12.5 Å². The van der Waals surface area contributed by atoms with Gasteiger partial charge in [-0.05, 0) is 92.6 Å². The van der Waals surface area contributed by atoms with Crippen molar-refractivity contribution in [1.82, 2.24) is 0 Å². The number of hydrogen-bond donors (Lipinski definition) is 1. The van der Waals surface area contributed by atoms with Gasteiger partial charge in [0.15, 0.2) is 28.8 Å². The Hall–Kier alpha value is -4.26. The second kappa shape index (κ2) is 14.9. The molecule has 1 atom stereocenters. The number of methoxy groups -OCH3 is 2. The monoisotopic (exact) mass is 558 g/mol. The quantitative estimate of drug-likeness (QED) is 0.0940. The molecule has 218 valence electrons. The minimum Gasteiger partial charge on any atom is -0.493 e. The summed E-state index contributed by atoms with van der Waals surface area (Å²) in [6.07, 6.45) is 5.42. The standard InChI is InChI=1S/C34H42N2O5/c1-8-26(27-10-12-28(35)13-11-27)16-22(2)21-36-30-20-34(32(39-7)19-29(30)25(5)37)41-15-9-14-40-33-18-24(4)23(3)17-31(33)38-6/h8,10-13,17-22H,9,14-16,35H2,1-7H3/b26-8+,36-21-. The molecule has 3 rings (SSSR count). The van der Waals surface area contributed by atoms with Crippen molar-refractivity contribution in [1.29, 1.82) is 0 Å². The van der Waals surface area contributed by atoms with Crippen LogP contribution in [0.15, 0.2) is 59.6 Å². The lowest BCUT2D eigenvalue weighted by Crippen LogP contribution is -2.07. The average Bonchev–Trinajstić information content (AvgIpc) is 2.96. The van der Waals surface area contributed by atoms with Gasteiger partial charge in [0.2, 0.25) is 0 Å². The summed E-state index contributed by atoms with van der Waals surface area (Å²) < 4.78 is 23.0. The van der Waals surface area contributed by atoms with E-state index in [0.717, 1.165) is 28.8 Å². The van der Waals surface area contributed by atoms with Gasteiger partial charge in [-0.2, -0.15) is 0 Å². The van der Waals surface area contributed by atoms with Gasteiger partial charge in [-0.15, -0.1) is 0 Å². The van der Waals surface area contributed by atoms with Crippen LogP contribution >= 0.6 is 0 Å². The van der Waals surface area contributed by atoms with E-state index in [2.05, 4.69) is 13.0 Å². The molecule has 3 aromatic carbocycles. The molecule has 0 aliphatic carbocycles. The number of aryl methyl sites for hydroxylation is 2. The number of ketones is 1. The van der Waals surface area contributed by atoms with Gasteiger partial charge in [0, 0.05) is 30.0 Å². The van der Waals surface area contributed by atoms with E-state index in [9.17, 15) is 4.79 Å². The highest BCUT2D eigenvalue weighted by molar-refractivity contribution is 6.00. The van der Waals surface area contributed by atoms with Crippen LogP contribution in [0.25, 0.3) is 5.57 Å². The number of Topliss-reactive ketones (excluding diaryl/α,β-unsaturated/α-hetero) is 1. The zero-order valence-electron chi connectivity index (χ0n) is 25.2. The van der Waals surface area contributed by atoms with Crippen molar-refractivity contribution in [2.45, 2.75) is 47.5 Å². The molecule has 1 unspecified atom stereocenters. The smallest absolute Gasteiger partial charge is 0.163 e. The number of aliphatic imine (C=N–C) groups is 1. The maximum absolute atomic E-state index is 12.4. The van der Waals surface area contributed by atoms with E-state index in [4.69, 9.17) is 29.7 Å². The lowest BCUT2D eigenvalue weighted by Gasteiger charge is -2.15. The van der Waals surface area contributed by atoms with Crippen molar-refractivity contribution in [3.05, 3.63) is 76.9 Å². The average molecular weight is 559 g/mol. The van der Waals surface area contributed by atoms with Crippen LogP contribution in [0.2, 0.25) is 0 Å². The number of nitrogen functional groups attached to an aromatic ring is 1. The largest absolute Gasteiger partial charge is 0.493 e. The summed E-state index contributed by atoms with van der Waals surface area (Å²) in [5, 5.41) is 0. The highest BCUT2D eigenvalue weighted by Gasteiger charge is 2.15. The Bertz CT molecular complexity index is 1390. The molecule has 7 heteroatoms. The third-order valence-corrected chi connectivity index (χ3v) is 6.88. The number of allylic oxidation sites excluding steroid dienone is 2. The van der Waals surface area contributed by atoms with Crippen LogP contribution in [0.4, 0.5) is 11.4 Å². The minimum atomic E-state index is -0.0959. The number of nitrogens with zero attached hydrogens (tertiary/aromatic N) is 1. The predicted molar refractivity (Wildman–Crippen MR) is 168 cm³/mol. The van der Waals surface area contributed by atoms with Gasteiger partial charge in [-0.25, -0.2) is 0 Å². The SMILES string of the molecule is C/C=C(\CC(C)/C=N\c1cc(OCCCOc2cc(C)c(C)cc2OC)c(OC)cc1C(C)=O)c1ccc(N)cc1. The van der Waals surface area contributed by atoms with E-state index in [-0.39, 0.29) is 11.7 Å². The maximum Gasteiger partial charge on any atom is 0.163 e. The second-order valence-corrected chi connectivity index (χ2v) is 10.1. The third kappa shape index (κ3) is 8.61. The third-order valence-electron chi connectivity index (χ3n) is 6.88. The fourth-order valence-corrected chi connectivity index (χ4v) is 4.38. The van der Waals surface area contributed by atoms with Crippen LogP contribution < -0.4 is 24.7 Å². The molecule has 0 amide bonds. The molecular weight excluding hydrogens is 516 g/mol. The lowest BCUT2D eigenvalue weighted by atomic mass is 9.95. The first-order valence-corrected chi connectivity index (χ1v) is 13.9. The van der Waals surface area contributed by atoms with Crippen molar-refractivity contribution in [3.8, 4) is 23.0 Å². The van der Waals surface area contributed by atoms with E-state index in [0.29, 0.717) is 53.9 Å². The summed E-state index contributed by atoms with van der Waals surface area (Å²) >= 11 is 0. The van der Waals surface area contributed by atoms with E-state index in [1.807, 2.05) is 63.4 Å². The van der Waals surface area contributed by atoms with Crippen LogP contribution in [0, 0.1) is 19.8 Å². The van der Waals surface area contributed by atoms with Crippen LogP contribution in [-0.2, 0) is 0 Å². The first kappa shape index (κ1) is 31.3. The summed E-state index contributed by atoms with van der Waals surface area (Å²) in [6, 6.07) is 15.3. The van der Waals surface area contributed by atoms with Crippen LogP contribution in [0.1, 0.15) is 60.7 Å². The predicted octanol–water partition coefficient (Wildman–Crippen LogP) is 7.79. The van der Waals surface area contributed by atoms with Crippen molar-refractivity contribution in [2.75, 3.05) is 33.2 Å². The number of hydrogen-bond acceptors (Lipinski definition) is 7. The molecule has 0 saturated carbocycles. The molecule has 0 aromatic heterocycles. The molecule has 0 aliphatic heterocycles. The number of rotatable bonds is 14. The van der Waals surface area contributed by atoms with Gasteiger partial charge in [0.25, 0.3) is 0 Å². The Kier molecular flexibility index (Phi) is 11.4. The topological polar surface area (TPSA) is 92.4 Å². The Morgan fingerprint density at radius 2 is 1.46 bits per heavy atom. The number of benzene rings is 3. The molecule has 41 heavy (non-hydrogen) atoms. The van der Waals surface area contributed by atoms with Crippen molar-refractivity contribution >= 4 is 28.9 Å². The molecule has 3 aromatic rings. The molecular formula is C34H42N2O5. The molecule has 0 bridgehead atoms. The number of carbonyl (C=O) groups excluding carboxylic acids is 1. The van der Waals surface area contributed by atoms with Crippen LogP contribution in [0.5, 0.6) is 23.0 Å². The zero-order valence-corrected chi connectivity index (χ0v) is 25.2. The van der Waals surface area contributed by atoms with Crippen LogP contribution in [0.3, 0.4) is 0 Å². The number of ether oxygens (including phenoxy) is 4. The number of anilines is 1. The molecule has 0 aliphatic rings. The molecule has 0 saturated heterocycles. The van der Waals surface area contributed by atoms with E-state index < -0.39 is 0 Å². The minimum absolute atomic E-state index is 0.0959. The zero-order chi connectivity index (χ0) is 29.9. The normalized spacial score (nSPS) is 12.3. The molecule has 2 N–H and O–H groups in total. The van der Waals surface area contributed by atoms with Crippen molar-refractivity contribution in [3.63, 3.8) is 0 Å². The summed E-state index contributed by atoms with van der Waals surface area (Å²) in [4.78, 5) is 17.2. The van der Waals surface area contributed by atoms with Crippen molar-refractivity contribution < 1.29 is 23.7 Å². The van der Waals surface area contributed by atoms with Crippen LogP contribution in [-0.4, -0.2) is 39.4 Å². The number of nitrogens with two attached hydrogens (primary N) is 1. The lowest BCUT2D eigenvalue weighted by molar-refractivity contribution is 0.101. The molecule has 7 nitrogen and oxygen atoms in total. The Labute approximate surface area is 244 Å². The van der Waals surface area contributed by atoms with Gasteiger partial charge in [0.1, 0.15) is 0 Å². The molecule has 0 heterocycles. The summed E-state index contributed by atoms with van der Waals surface area (Å²) in [5.41, 5.74) is 12.2. The highest BCUT2D eigenvalue weighted by atomic mass is 16.5. The first-order valence-electron chi connectivity index (χ1n) is 13.9. The Morgan fingerprint density at radius 1 is 0.902 bits per heavy atom. The van der Waals surface area contributed by atoms with E-state index in [1.54, 1.807) is 26.4 Å². The fraction of sp³-hybridized carbons (Fsp3) is 0.353. The molecule has 0 spiro atoms. The number of carbonyl (C=O) groups is 1. The van der Waals surface area contributed by atoms with Gasteiger partial charge in [0.05, 0.1) is 33.1 Å². The second-order valence-electron chi connectivity index (χ2n) is 10.1. The first-order chi connectivity index (χ1) is 19.7. The van der Waals surface area contributed by atoms with Gasteiger partial charge in [-0.1, -0.05) is 25.1 Å². The van der Waals surface area contributed by atoms with Gasteiger partial charge < -0.3 is 24.7 Å². The highest BCUT2D eigenvalue weighted by Crippen LogP contribution is 2.36. The summed E-state index contributed by atoms with van der Waals surface area (Å²) in [5.74, 6) is 2.46. The summed E-state index contributed by atoms with van der Waals surface area (Å²) in [6.45, 7) is 10.6. The molecule has 0 fully saturated rings. The van der Waals surface area contributed by atoms with Gasteiger partial charge in [-0.3, -0.25) is 9.79 Å². The van der Waals surface area contributed by atoms with Crippen molar-refractivity contribution in [2.24, 2.45) is 10.9 Å². The fourth-order valence-electron chi connectivity index (χ4n) is 4.38. The Balaban J connectivity index is 1.68. The molecule has 0 radical (unpaired) electrons. The van der Waals surface area contributed by atoms with E-state index >= 15 is 0 Å². The Morgan fingerprint density at radius 3 is 2.02 bits per heavy atom. The summed E-state index contributed by atoms with van der Waals surface area (Å²) in [7, 11) is 3.19. The van der Waals surface area contributed by atoms with Gasteiger partial charge >= 0.3 is 0 Å². The maximum atomic E-state index is 12.4.